The molecule has 0 aliphatic rings. The summed E-state index contributed by atoms with van der Waals surface area (Å²) in [5.41, 5.74) is 0. The second kappa shape index (κ2) is 5.41. The Kier molecular flexibility index (Phi) is 3.91. The Hall–Kier alpha value is -0.930. The summed E-state index contributed by atoms with van der Waals surface area (Å²) in [6.07, 6.45) is 0. The van der Waals surface area contributed by atoms with Crippen LogP contribution in [0.4, 0.5) is 0 Å². The number of hydrogen-bond donors (Lipinski definition) is 0. The van der Waals surface area contributed by atoms with Crippen molar-refractivity contribution in [2.45, 2.75) is 9.79 Å². The van der Waals surface area contributed by atoms with Crippen LogP contribution in [0.5, 0.6) is 5.75 Å². The minimum Gasteiger partial charge on any atom is -0.496 e. The van der Waals surface area contributed by atoms with E-state index in [0.717, 1.165) is 15.1 Å². The standard InChI is InChI=1S/C13H11BrOS/c1-15-12-7-2-3-8-13(12)16-11-6-4-5-10(14)9-11/h2-9H,1H3. The number of benzene rings is 2. The maximum Gasteiger partial charge on any atom is 0.132 e. The molecule has 0 aromatic heterocycles. The SMILES string of the molecule is COc1ccccc1Sc1cccc(Br)c1. The molecule has 2 aromatic carbocycles. The Morgan fingerprint density at radius 1 is 1.06 bits per heavy atom. The average molecular weight is 295 g/mol. The summed E-state index contributed by atoms with van der Waals surface area (Å²) in [7, 11) is 1.69. The molecule has 16 heavy (non-hydrogen) atoms. The first kappa shape index (κ1) is 11.6. The van der Waals surface area contributed by atoms with Crippen LogP contribution < -0.4 is 4.74 Å². The molecule has 2 aromatic rings. The maximum absolute atomic E-state index is 5.32. The van der Waals surface area contributed by atoms with E-state index in [9.17, 15) is 0 Å². The number of methoxy groups -OCH3 is 1. The van der Waals surface area contributed by atoms with Gasteiger partial charge < -0.3 is 4.74 Å². The van der Waals surface area contributed by atoms with Gasteiger partial charge in [-0.1, -0.05) is 45.9 Å². The van der Waals surface area contributed by atoms with Crippen LogP contribution in [-0.4, -0.2) is 7.11 Å². The second-order valence-corrected chi connectivity index (χ2v) is 5.24. The molecule has 0 atom stereocenters. The third kappa shape index (κ3) is 2.80. The Bertz CT molecular complexity index is 485. The fourth-order valence-electron chi connectivity index (χ4n) is 1.36. The van der Waals surface area contributed by atoms with Crippen molar-refractivity contribution >= 4 is 27.7 Å². The molecule has 0 heterocycles. The average Bonchev–Trinajstić information content (AvgIpc) is 2.30. The predicted octanol–water partition coefficient (Wildman–Crippen LogP) is 4.61. The third-order valence-corrected chi connectivity index (χ3v) is 3.63. The van der Waals surface area contributed by atoms with E-state index in [4.69, 9.17) is 4.74 Å². The first-order valence-corrected chi connectivity index (χ1v) is 6.47. The molecule has 82 valence electrons. The molecule has 1 nitrogen and oxygen atoms in total. The van der Waals surface area contributed by atoms with Crippen molar-refractivity contribution in [3.63, 3.8) is 0 Å². The number of hydrogen-bond acceptors (Lipinski definition) is 2. The molecule has 0 aliphatic carbocycles. The van der Waals surface area contributed by atoms with Crippen LogP contribution in [0.3, 0.4) is 0 Å². The molecule has 0 saturated heterocycles. The highest BCUT2D eigenvalue weighted by atomic mass is 79.9. The van der Waals surface area contributed by atoms with Gasteiger partial charge in [0.25, 0.3) is 0 Å². The van der Waals surface area contributed by atoms with Crippen LogP contribution in [-0.2, 0) is 0 Å². The summed E-state index contributed by atoms with van der Waals surface area (Å²) >= 11 is 5.16. The molecule has 2 rings (SSSR count). The number of rotatable bonds is 3. The molecule has 0 amide bonds. The van der Waals surface area contributed by atoms with Gasteiger partial charge in [0, 0.05) is 9.37 Å². The van der Waals surface area contributed by atoms with Gasteiger partial charge in [-0.3, -0.25) is 0 Å². The predicted molar refractivity (Wildman–Crippen MR) is 71.3 cm³/mol. The topological polar surface area (TPSA) is 9.23 Å². The zero-order valence-corrected chi connectivity index (χ0v) is 11.2. The third-order valence-electron chi connectivity index (χ3n) is 2.09. The van der Waals surface area contributed by atoms with Crippen molar-refractivity contribution in [2.24, 2.45) is 0 Å². The van der Waals surface area contributed by atoms with Gasteiger partial charge in [0.15, 0.2) is 0 Å². The van der Waals surface area contributed by atoms with Crippen LogP contribution in [0.25, 0.3) is 0 Å². The zero-order valence-electron chi connectivity index (χ0n) is 8.81. The minimum absolute atomic E-state index is 0.910. The van der Waals surface area contributed by atoms with Crippen molar-refractivity contribution in [2.75, 3.05) is 7.11 Å². The fraction of sp³-hybridized carbons (Fsp3) is 0.0769. The molecule has 0 spiro atoms. The van der Waals surface area contributed by atoms with Crippen LogP contribution in [0.1, 0.15) is 0 Å². The van der Waals surface area contributed by atoms with Gasteiger partial charge in [0.1, 0.15) is 5.75 Å². The van der Waals surface area contributed by atoms with Gasteiger partial charge >= 0.3 is 0 Å². The first-order valence-electron chi connectivity index (χ1n) is 4.86. The lowest BCUT2D eigenvalue weighted by atomic mass is 10.3. The zero-order chi connectivity index (χ0) is 11.4. The minimum atomic E-state index is 0.910. The molecular formula is C13H11BrOS. The fourth-order valence-corrected chi connectivity index (χ4v) is 2.90. The van der Waals surface area contributed by atoms with E-state index in [0.29, 0.717) is 0 Å². The van der Waals surface area contributed by atoms with E-state index in [1.165, 1.54) is 4.90 Å². The van der Waals surface area contributed by atoms with E-state index < -0.39 is 0 Å². The number of halogens is 1. The molecular weight excluding hydrogens is 284 g/mol. The summed E-state index contributed by atoms with van der Waals surface area (Å²) in [5.74, 6) is 0.910. The van der Waals surface area contributed by atoms with E-state index in [-0.39, 0.29) is 0 Å². The Balaban J connectivity index is 2.26. The molecule has 0 aliphatic heterocycles. The summed E-state index contributed by atoms with van der Waals surface area (Å²) in [4.78, 5) is 2.32. The Labute approximate surface area is 108 Å². The summed E-state index contributed by atoms with van der Waals surface area (Å²) in [5, 5.41) is 0. The summed E-state index contributed by atoms with van der Waals surface area (Å²) in [6, 6.07) is 16.3. The van der Waals surface area contributed by atoms with Crippen molar-refractivity contribution in [1.29, 1.82) is 0 Å². The lowest BCUT2D eigenvalue weighted by molar-refractivity contribution is 0.405. The Morgan fingerprint density at radius 3 is 2.62 bits per heavy atom. The van der Waals surface area contributed by atoms with Crippen LogP contribution in [0, 0.1) is 0 Å². The second-order valence-electron chi connectivity index (χ2n) is 3.21. The molecule has 0 saturated carbocycles. The smallest absolute Gasteiger partial charge is 0.132 e. The van der Waals surface area contributed by atoms with Crippen LogP contribution >= 0.6 is 27.7 Å². The van der Waals surface area contributed by atoms with Gasteiger partial charge in [-0.05, 0) is 30.3 Å². The van der Waals surface area contributed by atoms with Crippen molar-refractivity contribution < 1.29 is 4.74 Å². The van der Waals surface area contributed by atoms with Crippen LogP contribution in [0.2, 0.25) is 0 Å². The quantitative estimate of drug-likeness (QED) is 0.818. The highest BCUT2D eigenvalue weighted by Gasteiger charge is 2.03. The normalized spacial score (nSPS) is 10.1. The maximum atomic E-state index is 5.32. The monoisotopic (exact) mass is 294 g/mol. The van der Waals surface area contributed by atoms with E-state index >= 15 is 0 Å². The highest BCUT2D eigenvalue weighted by Crippen LogP contribution is 2.35. The molecule has 0 bridgehead atoms. The molecule has 0 fully saturated rings. The van der Waals surface area contributed by atoms with Gasteiger partial charge in [0.05, 0.1) is 12.0 Å². The van der Waals surface area contributed by atoms with Gasteiger partial charge in [-0.2, -0.15) is 0 Å². The highest BCUT2D eigenvalue weighted by molar-refractivity contribution is 9.10. The lowest BCUT2D eigenvalue weighted by Crippen LogP contribution is -1.85. The molecule has 3 heteroatoms. The van der Waals surface area contributed by atoms with Crippen molar-refractivity contribution in [3.8, 4) is 5.75 Å². The largest absolute Gasteiger partial charge is 0.496 e. The van der Waals surface area contributed by atoms with Crippen LogP contribution in [0.15, 0.2) is 62.8 Å². The van der Waals surface area contributed by atoms with Gasteiger partial charge in [-0.25, -0.2) is 0 Å². The van der Waals surface area contributed by atoms with E-state index in [1.807, 2.05) is 30.3 Å². The Morgan fingerprint density at radius 2 is 1.88 bits per heavy atom. The summed E-state index contributed by atoms with van der Waals surface area (Å²) in [6.45, 7) is 0. The summed E-state index contributed by atoms with van der Waals surface area (Å²) < 4.78 is 6.41. The molecule has 0 N–H and O–H groups in total. The number of ether oxygens (including phenoxy) is 1. The number of para-hydroxylation sites is 1. The molecule has 0 radical (unpaired) electrons. The van der Waals surface area contributed by atoms with E-state index in [2.05, 4.69) is 34.1 Å². The first-order chi connectivity index (χ1) is 7.79. The van der Waals surface area contributed by atoms with Gasteiger partial charge in [-0.15, -0.1) is 0 Å². The van der Waals surface area contributed by atoms with E-state index in [1.54, 1.807) is 18.9 Å². The van der Waals surface area contributed by atoms with Crippen molar-refractivity contribution in [1.82, 2.24) is 0 Å². The van der Waals surface area contributed by atoms with Gasteiger partial charge in [0.2, 0.25) is 0 Å². The van der Waals surface area contributed by atoms with Crippen molar-refractivity contribution in [3.05, 3.63) is 53.0 Å². The lowest BCUT2D eigenvalue weighted by Gasteiger charge is -2.07. The molecule has 0 unspecified atom stereocenters.